The molecule has 1 fully saturated rings. The van der Waals surface area contributed by atoms with Crippen LogP contribution in [0.5, 0.6) is 11.5 Å². The van der Waals surface area contributed by atoms with Crippen LogP contribution in [0.4, 0.5) is 22.1 Å². The van der Waals surface area contributed by atoms with E-state index in [2.05, 4.69) is 35.1 Å². The number of benzene rings is 2. The molecule has 0 atom stereocenters. The van der Waals surface area contributed by atoms with E-state index in [1.165, 1.54) is 5.56 Å². The fourth-order valence-electron chi connectivity index (χ4n) is 6.18. The molecule has 0 bridgehead atoms. The number of aromatic nitrogens is 3. The number of hydrogen-bond acceptors (Lipinski definition) is 7. The minimum Gasteiger partial charge on any atom is -0.496 e. The number of nitrogens with zero attached hydrogens (tertiary/aromatic N) is 6. The molecule has 0 aliphatic carbocycles. The molecule has 2 aromatic carbocycles. The first-order valence-corrected chi connectivity index (χ1v) is 14.7. The molecule has 43 heavy (non-hydrogen) atoms. The maximum atomic E-state index is 14.2. The van der Waals surface area contributed by atoms with Crippen LogP contribution in [0.15, 0.2) is 60.9 Å². The lowest BCUT2D eigenvalue weighted by molar-refractivity contribution is 0.252. The van der Waals surface area contributed by atoms with Gasteiger partial charge in [-0.15, -0.1) is 0 Å². The number of hydrogen-bond donors (Lipinski definition) is 0. The van der Waals surface area contributed by atoms with Crippen LogP contribution in [0.3, 0.4) is 0 Å². The number of urea groups is 1. The Kier molecular flexibility index (Phi) is 7.99. The monoisotopic (exact) mass is 578 g/mol. The number of rotatable bonds is 7. The number of para-hydroxylation sites is 1. The molecule has 2 aromatic heterocycles. The van der Waals surface area contributed by atoms with Crippen LogP contribution in [0.2, 0.25) is 0 Å². The Morgan fingerprint density at radius 2 is 1.70 bits per heavy atom. The SMILES string of the molecule is COc1ccc(N2C(=O)N(c3c(C)cccc3C)Cc3cnc(Cc4ccc(C5CCN(C)CC5)cc4OC)nc32)nc1. The first-order valence-electron chi connectivity index (χ1n) is 14.7. The van der Waals surface area contributed by atoms with Crippen molar-refractivity contribution in [2.24, 2.45) is 0 Å². The lowest BCUT2D eigenvalue weighted by atomic mass is 9.88. The van der Waals surface area contributed by atoms with Gasteiger partial charge in [-0.2, -0.15) is 0 Å². The molecule has 6 rings (SSSR count). The minimum atomic E-state index is -0.215. The molecule has 0 unspecified atom stereocenters. The number of methoxy groups -OCH3 is 2. The summed E-state index contributed by atoms with van der Waals surface area (Å²) in [4.78, 5) is 34.3. The summed E-state index contributed by atoms with van der Waals surface area (Å²) in [6.45, 7) is 6.62. The standard InChI is InChI=1S/C34H38N6O3/c1-22-7-6-8-23(2)32(22)39-21-27-19-35-30(37-33(27)40(34(39)41)31-12-11-28(42-4)20-36-31)18-26-10-9-25(17-29(26)43-5)24-13-15-38(3)16-14-24/h6-12,17,19-20,24H,13-16,18,21H2,1-5H3. The number of aryl methyl sites for hydroxylation is 2. The molecule has 4 aromatic rings. The van der Waals surface area contributed by atoms with E-state index < -0.39 is 0 Å². The van der Waals surface area contributed by atoms with Crippen LogP contribution in [0.25, 0.3) is 0 Å². The fourth-order valence-corrected chi connectivity index (χ4v) is 6.18. The lowest BCUT2D eigenvalue weighted by Gasteiger charge is -2.36. The topological polar surface area (TPSA) is 83.9 Å². The van der Waals surface area contributed by atoms with Gasteiger partial charge < -0.3 is 14.4 Å². The molecule has 0 saturated carbocycles. The van der Waals surface area contributed by atoms with Gasteiger partial charge >= 0.3 is 6.03 Å². The highest BCUT2D eigenvalue weighted by atomic mass is 16.5. The molecule has 2 amide bonds. The van der Waals surface area contributed by atoms with Crippen LogP contribution >= 0.6 is 0 Å². The van der Waals surface area contributed by atoms with E-state index in [-0.39, 0.29) is 6.03 Å². The maximum Gasteiger partial charge on any atom is 0.336 e. The largest absolute Gasteiger partial charge is 0.496 e. The first kappa shape index (κ1) is 28.6. The number of likely N-dealkylation sites (tertiary alicyclic amines) is 1. The van der Waals surface area contributed by atoms with Crippen molar-refractivity contribution in [3.8, 4) is 11.5 Å². The Morgan fingerprint density at radius 1 is 0.930 bits per heavy atom. The Hall–Kier alpha value is -4.50. The van der Waals surface area contributed by atoms with E-state index >= 15 is 0 Å². The lowest BCUT2D eigenvalue weighted by Crippen LogP contribution is -2.46. The van der Waals surface area contributed by atoms with Gasteiger partial charge in [0.25, 0.3) is 0 Å². The summed E-state index contributed by atoms with van der Waals surface area (Å²) >= 11 is 0. The summed E-state index contributed by atoms with van der Waals surface area (Å²) < 4.78 is 11.2. The van der Waals surface area contributed by atoms with Crippen LogP contribution in [-0.4, -0.2) is 60.2 Å². The van der Waals surface area contributed by atoms with E-state index in [4.69, 9.17) is 19.4 Å². The van der Waals surface area contributed by atoms with Gasteiger partial charge in [-0.25, -0.2) is 24.6 Å². The molecule has 222 valence electrons. The zero-order chi connectivity index (χ0) is 30.1. The second-order valence-electron chi connectivity index (χ2n) is 11.5. The predicted octanol–water partition coefficient (Wildman–Crippen LogP) is 6.18. The average molecular weight is 579 g/mol. The third-order valence-corrected chi connectivity index (χ3v) is 8.60. The van der Waals surface area contributed by atoms with E-state index in [0.717, 1.165) is 59.6 Å². The van der Waals surface area contributed by atoms with E-state index in [0.29, 0.717) is 42.1 Å². The molecule has 0 N–H and O–H groups in total. The van der Waals surface area contributed by atoms with Crippen LogP contribution in [-0.2, 0) is 13.0 Å². The molecule has 9 nitrogen and oxygen atoms in total. The van der Waals surface area contributed by atoms with Crippen molar-refractivity contribution in [1.82, 2.24) is 19.9 Å². The molecule has 4 heterocycles. The fraction of sp³-hybridized carbons (Fsp3) is 0.353. The van der Waals surface area contributed by atoms with Crippen molar-refractivity contribution in [2.75, 3.05) is 44.2 Å². The number of carbonyl (C=O) groups is 1. The highest BCUT2D eigenvalue weighted by molar-refractivity contribution is 6.10. The Balaban J connectivity index is 1.36. The number of anilines is 3. The second kappa shape index (κ2) is 12.0. The highest BCUT2D eigenvalue weighted by Crippen LogP contribution is 2.38. The summed E-state index contributed by atoms with van der Waals surface area (Å²) in [6, 6.07) is 15.9. The predicted molar refractivity (Wildman–Crippen MR) is 168 cm³/mol. The number of ether oxygens (including phenoxy) is 2. The van der Waals surface area contributed by atoms with Crippen molar-refractivity contribution >= 4 is 23.4 Å². The van der Waals surface area contributed by atoms with Crippen LogP contribution in [0, 0.1) is 13.8 Å². The van der Waals surface area contributed by atoms with Crippen molar-refractivity contribution in [3.63, 3.8) is 0 Å². The van der Waals surface area contributed by atoms with Gasteiger partial charge in [-0.05, 0) is 87.6 Å². The van der Waals surface area contributed by atoms with Gasteiger partial charge in [0.2, 0.25) is 0 Å². The zero-order valence-electron chi connectivity index (χ0n) is 25.5. The van der Waals surface area contributed by atoms with Gasteiger partial charge in [-0.3, -0.25) is 4.90 Å². The van der Waals surface area contributed by atoms with Crippen LogP contribution < -0.4 is 19.3 Å². The Morgan fingerprint density at radius 3 is 2.37 bits per heavy atom. The molecular weight excluding hydrogens is 540 g/mol. The number of carbonyl (C=O) groups excluding carboxylic acids is 1. The molecule has 2 aliphatic rings. The van der Waals surface area contributed by atoms with Crippen molar-refractivity contribution in [2.45, 2.75) is 45.6 Å². The molecule has 9 heteroatoms. The maximum absolute atomic E-state index is 14.2. The first-order chi connectivity index (χ1) is 20.9. The molecular formula is C34H38N6O3. The molecule has 0 spiro atoms. The Bertz CT molecular complexity index is 1610. The normalized spacial score (nSPS) is 15.9. The highest BCUT2D eigenvalue weighted by Gasteiger charge is 2.36. The van der Waals surface area contributed by atoms with Gasteiger partial charge in [-0.1, -0.05) is 30.3 Å². The summed E-state index contributed by atoms with van der Waals surface area (Å²) in [6.07, 6.45) is 6.22. The second-order valence-corrected chi connectivity index (χ2v) is 11.5. The number of amides is 2. The summed E-state index contributed by atoms with van der Waals surface area (Å²) in [5, 5.41) is 0. The van der Waals surface area contributed by atoms with Crippen molar-refractivity contribution in [3.05, 3.63) is 94.6 Å². The summed E-state index contributed by atoms with van der Waals surface area (Å²) in [5.74, 6) is 3.60. The quantitative estimate of drug-likeness (QED) is 0.259. The third kappa shape index (κ3) is 5.64. The number of fused-ring (bicyclic) bond motifs is 1. The smallest absolute Gasteiger partial charge is 0.336 e. The average Bonchev–Trinajstić information content (AvgIpc) is 3.02. The molecule has 0 radical (unpaired) electrons. The molecule has 2 aliphatic heterocycles. The van der Waals surface area contributed by atoms with Gasteiger partial charge in [0, 0.05) is 23.7 Å². The summed E-state index contributed by atoms with van der Waals surface area (Å²) in [5.41, 5.74) is 6.09. The van der Waals surface area contributed by atoms with Crippen molar-refractivity contribution < 1.29 is 14.3 Å². The number of piperidine rings is 1. The van der Waals surface area contributed by atoms with E-state index in [9.17, 15) is 4.79 Å². The van der Waals surface area contributed by atoms with Gasteiger partial charge in [0.05, 0.1) is 32.6 Å². The Labute approximate surface area is 253 Å². The third-order valence-electron chi connectivity index (χ3n) is 8.60. The van der Waals surface area contributed by atoms with E-state index in [1.54, 1.807) is 42.3 Å². The van der Waals surface area contributed by atoms with E-state index in [1.807, 2.05) is 38.2 Å². The summed E-state index contributed by atoms with van der Waals surface area (Å²) in [7, 11) is 5.48. The zero-order valence-corrected chi connectivity index (χ0v) is 25.5. The van der Waals surface area contributed by atoms with Crippen LogP contribution in [0.1, 0.15) is 52.4 Å². The minimum absolute atomic E-state index is 0.215. The van der Waals surface area contributed by atoms with Gasteiger partial charge in [0.1, 0.15) is 23.1 Å². The molecule has 1 saturated heterocycles. The van der Waals surface area contributed by atoms with Gasteiger partial charge in [0.15, 0.2) is 5.82 Å². The number of pyridine rings is 1. The van der Waals surface area contributed by atoms with Crippen molar-refractivity contribution in [1.29, 1.82) is 0 Å².